The Balaban J connectivity index is 1.63. The molecule has 0 unspecified atom stereocenters. The highest BCUT2D eigenvalue weighted by Crippen LogP contribution is 2.23. The molecule has 1 N–H and O–H groups in total. The van der Waals surface area contributed by atoms with Crippen LogP contribution in [0.25, 0.3) is 11.3 Å². The monoisotopic (exact) mass is 311 g/mol. The van der Waals surface area contributed by atoms with Gasteiger partial charge in [-0.15, -0.1) is 0 Å². The Morgan fingerprint density at radius 1 is 1.26 bits per heavy atom. The number of carbonyl (C=O) groups excluding carboxylic acids is 1. The lowest BCUT2D eigenvalue weighted by atomic mass is 9.91. The van der Waals surface area contributed by atoms with Gasteiger partial charge in [-0.1, -0.05) is 0 Å². The number of nitrogens with one attached hydrogen (secondary N) is 1. The Kier molecular flexibility index (Phi) is 4.62. The minimum absolute atomic E-state index is 0.0580. The normalized spacial score (nSPS) is 21.8. The number of rotatable bonds is 3. The van der Waals surface area contributed by atoms with E-state index in [0.29, 0.717) is 11.9 Å². The average molecular weight is 311 g/mol. The maximum Gasteiger partial charge on any atom is 0.228 e. The molecule has 120 valence electrons. The molecule has 2 aromatic heterocycles. The van der Waals surface area contributed by atoms with Gasteiger partial charge in [0, 0.05) is 36.1 Å². The molecular weight excluding hydrogens is 290 g/mol. The van der Waals surface area contributed by atoms with Gasteiger partial charge < -0.3 is 10.2 Å². The van der Waals surface area contributed by atoms with E-state index in [9.17, 15) is 4.79 Å². The number of anilines is 1. The highest BCUT2D eigenvalue weighted by molar-refractivity contribution is 5.91. The molecule has 3 heterocycles. The number of piperidine rings is 1. The molecule has 0 spiro atoms. The summed E-state index contributed by atoms with van der Waals surface area (Å²) < 4.78 is 0. The topological polar surface area (TPSA) is 71.0 Å². The summed E-state index contributed by atoms with van der Waals surface area (Å²) in [5.41, 5.74) is 1.64. The molecule has 1 fully saturated rings. The zero-order valence-electron chi connectivity index (χ0n) is 13.4. The van der Waals surface area contributed by atoms with Crippen molar-refractivity contribution in [3.05, 3.63) is 36.9 Å². The van der Waals surface area contributed by atoms with Crippen LogP contribution in [0, 0.1) is 5.92 Å². The Morgan fingerprint density at radius 2 is 2.13 bits per heavy atom. The number of aromatic nitrogens is 3. The number of carbonyl (C=O) groups is 1. The van der Waals surface area contributed by atoms with E-state index in [4.69, 9.17) is 0 Å². The molecule has 3 rings (SSSR count). The second kappa shape index (κ2) is 6.83. The number of hydrogen-bond donors (Lipinski definition) is 1. The van der Waals surface area contributed by atoms with Crippen LogP contribution in [0.3, 0.4) is 0 Å². The van der Waals surface area contributed by atoms with E-state index < -0.39 is 0 Å². The van der Waals surface area contributed by atoms with E-state index in [2.05, 4.69) is 39.1 Å². The fourth-order valence-electron chi connectivity index (χ4n) is 2.82. The molecule has 1 aliphatic rings. The van der Waals surface area contributed by atoms with E-state index in [-0.39, 0.29) is 11.8 Å². The lowest BCUT2D eigenvalue weighted by molar-refractivity contribution is -0.121. The lowest BCUT2D eigenvalue weighted by Gasteiger charge is -2.34. The molecule has 2 aromatic rings. The molecular formula is C17H21N5O. The van der Waals surface area contributed by atoms with Crippen LogP contribution in [0.4, 0.5) is 5.82 Å². The lowest BCUT2D eigenvalue weighted by Crippen LogP contribution is -2.41. The van der Waals surface area contributed by atoms with Gasteiger partial charge in [0.2, 0.25) is 5.91 Å². The van der Waals surface area contributed by atoms with Crippen LogP contribution in [-0.2, 0) is 4.79 Å². The molecule has 2 atom stereocenters. The number of pyridine rings is 1. The second-order valence-corrected chi connectivity index (χ2v) is 6.06. The zero-order chi connectivity index (χ0) is 16.2. The van der Waals surface area contributed by atoms with E-state index >= 15 is 0 Å². The minimum Gasteiger partial charge on any atom is -0.310 e. The molecule has 1 amide bonds. The van der Waals surface area contributed by atoms with Gasteiger partial charge in [0.25, 0.3) is 0 Å². The second-order valence-electron chi connectivity index (χ2n) is 6.06. The molecule has 0 radical (unpaired) electrons. The molecule has 0 aromatic carbocycles. The van der Waals surface area contributed by atoms with Crippen LogP contribution >= 0.6 is 0 Å². The number of nitrogens with zero attached hydrogens (tertiary/aromatic N) is 4. The van der Waals surface area contributed by atoms with E-state index in [1.54, 1.807) is 30.9 Å². The fourth-order valence-corrected chi connectivity index (χ4v) is 2.82. The predicted molar refractivity (Wildman–Crippen MR) is 88.7 cm³/mol. The van der Waals surface area contributed by atoms with Gasteiger partial charge in [-0.2, -0.15) is 0 Å². The Morgan fingerprint density at radius 3 is 2.78 bits per heavy atom. The first-order valence-electron chi connectivity index (χ1n) is 7.87. The zero-order valence-corrected chi connectivity index (χ0v) is 13.4. The number of likely N-dealkylation sites (tertiary alicyclic amines) is 1. The summed E-state index contributed by atoms with van der Waals surface area (Å²) >= 11 is 0. The summed E-state index contributed by atoms with van der Waals surface area (Å²) in [5, 5.41) is 2.92. The number of hydrogen-bond acceptors (Lipinski definition) is 5. The van der Waals surface area contributed by atoms with Crippen molar-refractivity contribution in [3.8, 4) is 11.3 Å². The third-order valence-corrected chi connectivity index (χ3v) is 4.45. The van der Waals surface area contributed by atoms with Gasteiger partial charge in [-0.3, -0.25) is 14.8 Å². The average Bonchev–Trinajstić information content (AvgIpc) is 2.59. The SMILES string of the molecule is C[C@H]1C[C@@H](C(=O)Nc2ccc(-c3cnccn3)cn2)CCN1C. The highest BCUT2D eigenvalue weighted by Gasteiger charge is 2.28. The van der Waals surface area contributed by atoms with Gasteiger partial charge in [0.05, 0.1) is 11.9 Å². The third kappa shape index (κ3) is 3.71. The molecule has 1 saturated heterocycles. The van der Waals surface area contributed by atoms with Gasteiger partial charge >= 0.3 is 0 Å². The van der Waals surface area contributed by atoms with Crippen molar-refractivity contribution in [3.63, 3.8) is 0 Å². The summed E-state index contributed by atoms with van der Waals surface area (Å²) in [4.78, 5) is 27.3. The first kappa shape index (κ1) is 15.6. The van der Waals surface area contributed by atoms with Crippen molar-refractivity contribution in [2.24, 2.45) is 5.92 Å². The predicted octanol–water partition coefficient (Wildman–Crippen LogP) is 2.21. The van der Waals surface area contributed by atoms with Crippen molar-refractivity contribution in [1.29, 1.82) is 0 Å². The van der Waals surface area contributed by atoms with Gasteiger partial charge in [0.1, 0.15) is 5.82 Å². The largest absolute Gasteiger partial charge is 0.310 e. The summed E-state index contributed by atoms with van der Waals surface area (Å²) in [6, 6.07) is 4.14. The Bertz CT molecular complexity index is 658. The maximum absolute atomic E-state index is 12.4. The minimum atomic E-state index is 0.0580. The summed E-state index contributed by atoms with van der Waals surface area (Å²) in [6.45, 7) is 3.12. The van der Waals surface area contributed by atoms with Crippen LogP contribution in [0.15, 0.2) is 36.9 Å². The first-order chi connectivity index (χ1) is 11.1. The molecule has 0 aliphatic carbocycles. The smallest absolute Gasteiger partial charge is 0.228 e. The van der Waals surface area contributed by atoms with E-state index in [0.717, 1.165) is 30.6 Å². The van der Waals surface area contributed by atoms with E-state index in [1.807, 2.05) is 6.07 Å². The summed E-state index contributed by atoms with van der Waals surface area (Å²) in [6.07, 6.45) is 8.46. The molecule has 0 bridgehead atoms. The van der Waals surface area contributed by atoms with Crippen molar-refractivity contribution in [2.75, 3.05) is 18.9 Å². The van der Waals surface area contributed by atoms with Gasteiger partial charge in [-0.25, -0.2) is 4.98 Å². The maximum atomic E-state index is 12.4. The number of amides is 1. The van der Waals surface area contributed by atoms with Crippen molar-refractivity contribution < 1.29 is 4.79 Å². The van der Waals surface area contributed by atoms with Crippen molar-refractivity contribution in [1.82, 2.24) is 19.9 Å². The molecule has 6 heteroatoms. The van der Waals surface area contributed by atoms with Crippen LogP contribution in [0.2, 0.25) is 0 Å². The highest BCUT2D eigenvalue weighted by atomic mass is 16.1. The quantitative estimate of drug-likeness (QED) is 0.941. The van der Waals surface area contributed by atoms with Crippen LogP contribution in [0.5, 0.6) is 0 Å². The summed E-state index contributed by atoms with van der Waals surface area (Å²) in [5.74, 6) is 0.696. The van der Waals surface area contributed by atoms with Gasteiger partial charge in [-0.05, 0) is 45.5 Å². The molecule has 6 nitrogen and oxygen atoms in total. The molecule has 0 saturated carbocycles. The van der Waals surface area contributed by atoms with Crippen molar-refractivity contribution >= 4 is 11.7 Å². The Labute approximate surface area is 136 Å². The van der Waals surface area contributed by atoms with Crippen LogP contribution in [0.1, 0.15) is 19.8 Å². The Hall–Kier alpha value is -2.34. The van der Waals surface area contributed by atoms with E-state index in [1.165, 1.54) is 0 Å². The van der Waals surface area contributed by atoms with Crippen molar-refractivity contribution in [2.45, 2.75) is 25.8 Å². The van der Waals surface area contributed by atoms with Crippen LogP contribution < -0.4 is 5.32 Å². The van der Waals surface area contributed by atoms with Gasteiger partial charge in [0.15, 0.2) is 0 Å². The fraction of sp³-hybridized carbons (Fsp3) is 0.412. The standard InChI is InChI=1S/C17H21N5O/c1-12-9-13(5-8-22(12)2)17(23)21-16-4-3-14(10-20-16)15-11-18-6-7-19-15/h3-4,6-7,10-13H,5,8-9H2,1-2H3,(H,20,21,23)/t12-,13-/m0/s1. The third-order valence-electron chi connectivity index (χ3n) is 4.45. The van der Waals surface area contributed by atoms with Crippen LogP contribution in [-0.4, -0.2) is 45.4 Å². The summed E-state index contributed by atoms with van der Waals surface area (Å²) in [7, 11) is 2.10. The molecule has 23 heavy (non-hydrogen) atoms. The first-order valence-corrected chi connectivity index (χ1v) is 7.87. The molecule has 1 aliphatic heterocycles.